The van der Waals surface area contributed by atoms with Gasteiger partial charge < -0.3 is 14.8 Å². The van der Waals surface area contributed by atoms with E-state index in [4.69, 9.17) is 0 Å². The normalized spacial score (nSPS) is 22.3. The molecule has 0 saturated heterocycles. The molecule has 5 rings (SSSR count). The minimum Gasteiger partial charge on any atom is -0.351 e. The Morgan fingerprint density at radius 2 is 2.13 bits per heavy atom. The zero-order valence-corrected chi connectivity index (χ0v) is 18.0. The van der Waals surface area contributed by atoms with Crippen LogP contribution in [0.25, 0.3) is 10.2 Å². The fraction of sp³-hybridized carbons (Fsp3) is 0.435. The number of carbonyl (C=O) groups is 2. The number of pyridine rings is 1. The van der Waals surface area contributed by atoms with Gasteiger partial charge in [0.15, 0.2) is 0 Å². The van der Waals surface area contributed by atoms with Crippen LogP contribution in [0.15, 0.2) is 42.0 Å². The van der Waals surface area contributed by atoms with Crippen LogP contribution in [0, 0.1) is 0 Å². The van der Waals surface area contributed by atoms with Gasteiger partial charge in [-0.25, -0.2) is 0 Å². The molecule has 30 heavy (non-hydrogen) atoms. The standard InChI is InChI=1S/C23H26N4O2S/c1-23(22(29)25-18-7-3-2-4-8-18)15-26-19(12-17-9-11-30-21(17)26)20(28)27(23)14-16-6-5-10-24-13-16/h5-6,9-13,18H,2-4,7-8,14-15H2,1H3,(H,25,29)/t23-/m0/s1. The van der Waals surface area contributed by atoms with Crippen LogP contribution >= 0.6 is 11.3 Å². The Balaban J connectivity index is 1.53. The van der Waals surface area contributed by atoms with Gasteiger partial charge in [0.05, 0.1) is 6.54 Å². The Morgan fingerprint density at radius 3 is 2.90 bits per heavy atom. The lowest BCUT2D eigenvalue weighted by Crippen LogP contribution is -2.64. The molecular weight excluding hydrogens is 396 g/mol. The molecule has 0 radical (unpaired) electrons. The van der Waals surface area contributed by atoms with E-state index in [2.05, 4.69) is 10.3 Å². The maximum absolute atomic E-state index is 13.6. The molecule has 1 aliphatic heterocycles. The minimum atomic E-state index is -0.965. The number of hydrogen-bond acceptors (Lipinski definition) is 4. The second-order valence-electron chi connectivity index (χ2n) is 8.63. The van der Waals surface area contributed by atoms with Crippen LogP contribution < -0.4 is 5.32 Å². The molecule has 0 spiro atoms. The third-order valence-electron chi connectivity index (χ3n) is 6.52. The molecule has 0 bridgehead atoms. The van der Waals surface area contributed by atoms with Crippen molar-refractivity contribution in [1.29, 1.82) is 0 Å². The van der Waals surface area contributed by atoms with E-state index in [0.29, 0.717) is 18.8 Å². The zero-order chi connectivity index (χ0) is 20.7. The first-order chi connectivity index (χ1) is 14.6. The van der Waals surface area contributed by atoms with Gasteiger partial charge in [0.25, 0.3) is 5.91 Å². The summed E-state index contributed by atoms with van der Waals surface area (Å²) in [6.07, 6.45) is 9.05. The van der Waals surface area contributed by atoms with E-state index in [1.54, 1.807) is 28.6 Å². The van der Waals surface area contributed by atoms with Gasteiger partial charge in [-0.1, -0.05) is 25.3 Å². The summed E-state index contributed by atoms with van der Waals surface area (Å²) in [4.78, 5) is 34.2. The molecule has 156 valence electrons. The molecule has 1 saturated carbocycles. The average molecular weight is 423 g/mol. The lowest BCUT2D eigenvalue weighted by Gasteiger charge is -2.44. The van der Waals surface area contributed by atoms with Crippen LogP contribution in [-0.2, 0) is 17.9 Å². The molecule has 2 amide bonds. The summed E-state index contributed by atoms with van der Waals surface area (Å²) in [5.74, 6) is -0.162. The number of hydrogen-bond donors (Lipinski definition) is 1. The summed E-state index contributed by atoms with van der Waals surface area (Å²) in [5.41, 5.74) is 0.612. The predicted molar refractivity (Wildman–Crippen MR) is 117 cm³/mol. The molecule has 6 nitrogen and oxygen atoms in total. The van der Waals surface area contributed by atoms with Gasteiger partial charge >= 0.3 is 0 Å². The van der Waals surface area contributed by atoms with Gasteiger partial charge in [0.1, 0.15) is 16.1 Å². The average Bonchev–Trinajstić information content (AvgIpc) is 3.35. The largest absolute Gasteiger partial charge is 0.351 e. The van der Waals surface area contributed by atoms with Crippen LogP contribution in [0.1, 0.15) is 55.1 Å². The topological polar surface area (TPSA) is 67.2 Å². The van der Waals surface area contributed by atoms with Crippen molar-refractivity contribution < 1.29 is 9.59 Å². The number of nitrogens with zero attached hydrogens (tertiary/aromatic N) is 3. The summed E-state index contributed by atoms with van der Waals surface area (Å²) in [7, 11) is 0. The molecular formula is C23H26N4O2S. The van der Waals surface area contributed by atoms with Crippen LogP contribution in [0.3, 0.4) is 0 Å². The van der Waals surface area contributed by atoms with Crippen molar-refractivity contribution in [3.05, 3.63) is 53.3 Å². The van der Waals surface area contributed by atoms with Gasteiger partial charge in [-0.05, 0) is 48.9 Å². The van der Waals surface area contributed by atoms with Crippen molar-refractivity contribution in [1.82, 2.24) is 19.8 Å². The van der Waals surface area contributed by atoms with Crippen molar-refractivity contribution in [2.24, 2.45) is 0 Å². The lowest BCUT2D eigenvalue weighted by atomic mass is 9.91. The second-order valence-corrected chi connectivity index (χ2v) is 9.53. The van der Waals surface area contributed by atoms with Gasteiger partial charge in [-0.2, -0.15) is 0 Å². The number of amides is 2. The minimum absolute atomic E-state index is 0.0595. The van der Waals surface area contributed by atoms with Crippen LogP contribution in [0.5, 0.6) is 0 Å². The van der Waals surface area contributed by atoms with E-state index >= 15 is 0 Å². The molecule has 2 aliphatic rings. The summed E-state index contributed by atoms with van der Waals surface area (Å²) in [5, 5.41) is 6.36. The Bertz CT molecular complexity index is 1080. The smallest absolute Gasteiger partial charge is 0.271 e. The van der Waals surface area contributed by atoms with Gasteiger partial charge in [-0.15, -0.1) is 11.3 Å². The molecule has 0 aromatic carbocycles. The van der Waals surface area contributed by atoms with Crippen molar-refractivity contribution in [2.75, 3.05) is 0 Å². The molecule has 1 aliphatic carbocycles. The van der Waals surface area contributed by atoms with Crippen molar-refractivity contribution in [2.45, 2.75) is 63.7 Å². The summed E-state index contributed by atoms with van der Waals surface area (Å²) in [6, 6.07) is 7.99. The van der Waals surface area contributed by atoms with Crippen LogP contribution in [-0.4, -0.2) is 37.8 Å². The molecule has 3 aromatic heterocycles. The van der Waals surface area contributed by atoms with E-state index < -0.39 is 5.54 Å². The molecule has 1 fully saturated rings. The number of thiophene rings is 1. The van der Waals surface area contributed by atoms with Crippen LogP contribution in [0.2, 0.25) is 0 Å². The predicted octanol–water partition coefficient (Wildman–Crippen LogP) is 3.96. The van der Waals surface area contributed by atoms with E-state index in [1.807, 2.05) is 41.1 Å². The highest BCUT2D eigenvalue weighted by Crippen LogP contribution is 2.35. The monoisotopic (exact) mass is 422 g/mol. The molecule has 4 heterocycles. The zero-order valence-electron chi connectivity index (χ0n) is 17.1. The van der Waals surface area contributed by atoms with E-state index in [0.717, 1.165) is 41.5 Å². The first kappa shape index (κ1) is 19.3. The van der Waals surface area contributed by atoms with E-state index in [-0.39, 0.29) is 17.9 Å². The molecule has 3 aromatic rings. The summed E-state index contributed by atoms with van der Waals surface area (Å²) >= 11 is 1.61. The summed E-state index contributed by atoms with van der Waals surface area (Å²) < 4.78 is 2.03. The number of rotatable bonds is 4. The Morgan fingerprint density at radius 1 is 1.30 bits per heavy atom. The van der Waals surface area contributed by atoms with Crippen molar-refractivity contribution >= 4 is 33.4 Å². The first-order valence-electron chi connectivity index (χ1n) is 10.6. The highest BCUT2D eigenvalue weighted by molar-refractivity contribution is 7.16. The summed E-state index contributed by atoms with van der Waals surface area (Å²) in [6.45, 7) is 2.72. The molecule has 1 N–H and O–H groups in total. The van der Waals surface area contributed by atoms with Crippen LogP contribution in [0.4, 0.5) is 0 Å². The van der Waals surface area contributed by atoms with E-state index in [1.165, 1.54) is 6.42 Å². The van der Waals surface area contributed by atoms with Gasteiger partial charge in [0, 0.05) is 30.4 Å². The van der Waals surface area contributed by atoms with Crippen molar-refractivity contribution in [3.8, 4) is 0 Å². The van der Waals surface area contributed by atoms with Gasteiger partial charge in [-0.3, -0.25) is 14.6 Å². The fourth-order valence-corrected chi connectivity index (χ4v) is 5.66. The van der Waals surface area contributed by atoms with Gasteiger partial charge in [0.2, 0.25) is 5.91 Å². The third kappa shape index (κ3) is 3.21. The molecule has 7 heteroatoms. The quantitative estimate of drug-likeness (QED) is 0.692. The Kier molecular flexibility index (Phi) is 4.85. The number of carbonyl (C=O) groups excluding carboxylic acids is 2. The number of aromatic nitrogens is 2. The molecule has 0 unspecified atom stereocenters. The number of nitrogens with one attached hydrogen (secondary N) is 1. The lowest BCUT2D eigenvalue weighted by molar-refractivity contribution is -0.134. The van der Waals surface area contributed by atoms with Crippen molar-refractivity contribution in [3.63, 3.8) is 0 Å². The fourth-order valence-electron chi connectivity index (χ4n) is 4.77. The highest BCUT2D eigenvalue weighted by atomic mass is 32.1. The SMILES string of the molecule is C[C@@]1(C(=O)NC2CCCCC2)Cn2c(cc3ccsc32)C(=O)N1Cc1cccnc1. The van der Waals surface area contributed by atoms with E-state index in [9.17, 15) is 9.59 Å². The number of fused-ring (bicyclic) bond motifs is 3. The maximum atomic E-state index is 13.6. The second kappa shape index (κ2) is 7.54. The maximum Gasteiger partial charge on any atom is 0.271 e. The first-order valence-corrected chi connectivity index (χ1v) is 11.5. The third-order valence-corrected chi connectivity index (χ3v) is 7.47. The molecule has 1 atom stereocenters. The Hall–Kier alpha value is -2.67. The Labute approximate surface area is 179 Å². The highest BCUT2D eigenvalue weighted by Gasteiger charge is 2.48.